The van der Waals surface area contributed by atoms with E-state index in [0.717, 1.165) is 18.8 Å². The normalized spacial score (nSPS) is 20.6. The maximum atomic E-state index is 5.78. The third-order valence-electron chi connectivity index (χ3n) is 4.93. The molecule has 0 aliphatic heterocycles. The number of rotatable bonds is 6. The highest BCUT2D eigenvalue weighted by Gasteiger charge is 2.24. The lowest BCUT2D eigenvalue weighted by Gasteiger charge is -2.27. The van der Waals surface area contributed by atoms with Crippen LogP contribution >= 0.6 is 12.2 Å². The molecule has 5 heteroatoms. The van der Waals surface area contributed by atoms with Gasteiger partial charge in [-0.1, -0.05) is 37.9 Å². The summed E-state index contributed by atoms with van der Waals surface area (Å²) >= 11 is 5.13. The predicted molar refractivity (Wildman–Crippen MR) is 89.2 cm³/mol. The third kappa shape index (κ3) is 3.83. The van der Waals surface area contributed by atoms with Crippen LogP contribution in [0.15, 0.2) is 12.3 Å². The molecule has 2 aliphatic carbocycles. The molecule has 1 aromatic heterocycles. The SMILES string of the molecule is NC(=S)CN(Cc1ccn(C2CCCC2)n1)C1CCCC1. The molecule has 21 heavy (non-hydrogen) atoms. The van der Waals surface area contributed by atoms with Crippen LogP contribution in [0.25, 0.3) is 0 Å². The topological polar surface area (TPSA) is 47.1 Å². The Morgan fingerprint density at radius 3 is 2.57 bits per heavy atom. The lowest BCUT2D eigenvalue weighted by Crippen LogP contribution is -2.39. The molecule has 3 rings (SSSR count). The molecule has 0 amide bonds. The van der Waals surface area contributed by atoms with Gasteiger partial charge in [-0.25, -0.2) is 0 Å². The minimum atomic E-state index is 0.595. The molecule has 2 aliphatic rings. The molecule has 1 aromatic rings. The maximum Gasteiger partial charge on any atom is 0.0870 e. The molecule has 0 atom stereocenters. The fourth-order valence-electron chi connectivity index (χ4n) is 3.83. The minimum absolute atomic E-state index is 0.595. The number of hydrogen-bond donors (Lipinski definition) is 1. The zero-order valence-electron chi connectivity index (χ0n) is 12.7. The summed E-state index contributed by atoms with van der Waals surface area (Å²) < 4.78 is 2.18. The first-order valence-corrected chi connectivity index (χ1v) is 8.69. The highest BCUT2D eigenvalue weighted by molar-refractivity contribution is 7.80. The quantitative estimate of drug-likeness (QED) is 0.821. The molecular formula is C16H26N4S. The van der Waals surface area contributed by atoms with E-state index in [4.69, 9.17) is 23.1 Å². The molecule has 0 radical (unpaired) electrons. The summed E-state index contributed by atoms with van der Waals surface area (Å²) in [5, 5.41) is 4.80. The Morgan fingerprint density at radius 1 is 1.24 bits per heavy atom. The summed E-state index contributed by atoms with van der Waals surface area (Å²) in [5.74, 6) is 0. The second-order valence-electron chi connectivity index (χ2n) is 6.53. The van der Waals surface area contributed by atoms with Crippen LogP contribution in [0.5, 0.6) is 0 Å². The van der Waals surface area contributed by atoms with Gasteiger partial charge < -0.3 is 5.73 Å². The summed E-state index contributed by atoms with van der Waals surface area (Å²) in [6, 6.07) is 3.41. The molecule has 0 bridgehead atoms. The van der Waals surface area contributed by atoms with Crippen LogP contribution in [-0.4, -0.2) is 32.3 Å². The molecule has 0 saturated heterocycles. The van der Waals surface area contributed by atoms with Gasteiger partial charge in [-0.15, -0.1) is 0 Å². The van der Waals surface area contributed by atoms with E-state index in [1.807, 2.05) is 0 Å². The van der Waals surface area contributed by atoms with E-state index in [2.05, 4.69) is 21.8 Å². The van der Waals surface area contributed by atoms with Crippen molar-refractivity contribution in [2.24, 2.45) is 5.73 Å². The molecule has 1 heterocycles. The van der Waals surface area contributed by atoms with Gasteiger partial charge >= 0.3 is 0 Å². The summed E-state index contributed by atoms with van der Waals surface area (Å²) in [4.78, 5) is 3.02. The first-order chi connectivity index (χ1) is 10.2. The van der Waals surface area contributed by atoms with Crippen LogP contribution in [-0.2, 0) is 6.54 Å². The van der Waals surface area contributed by atoms with Crippen molar-refractivity contribution in [3.8, 4) is 0 Å². The van der Waals surface area contributed by atoms with Crippen LogP contribution in [0, 0.1) is 0 Å². The molecule has 0 unspecified atom stereocenters. The molecule has 0 spiro atoms. The minimum Gasteiger partial charge on any atom is -0.392 e. The average molecular weight is 306 g/mol. The predicted octanol–water partition coefficient (Wildman–Crippen LogP) is 3.03. The van der Waals surface area contributed by atoms with Gasteiger partial charge in [0, 0.05) is 25.3 Å². The van der Waals surface area contributed by atoms with Gasteiger partial charge in [-0.3, -0.25) is 9.58 Å². The summed E-state index contributed by atoms with van der Waals surface area (Å²) in [6.07, 6.45) is 12.6. The molecule has 2 saturated carbocycles. The number of hydrogen-bond acceptors (Lipinski definition) is 3. The number of aromatic nitrogens is 2. The Bertz CT molecular complexity index is 472. The van der Waals surface area contributed by atoms with Crippen LogP contribution < -0.4 is 5.73 Å². The highest BCUT2D eigenvalue weighted by atomic mass is 32.1. The Morgan fingerprint density at radius 2 is 1.90 bits per heavy atom. The van der Waals surface area contributed by atoms with Gasteiger partial charge in [0.15, 0.2) is 0 Å². The van der Waals surface area contributed by atoms with Gasteiger partial charge in [0.1, 0.15) is 0 Å². The molecule has 116 valence electrons. The van der Waals surface area contributed by atoms with E-state index in [-0.39, 0.29) is 0 Å². The van der Waals surface area contributed by atoms with Crippen LogP contribution in [0.3, 0.4) is 0 Å². The number of nitrogens with two attached hydrogens (primary N) is 1. The van der Waals surface area contributed by atoms with E-state index in [9.17, 15) is 0 Å². The zero-order chi connectivity index (χ0) is 14.7. The second kappa shape index (κ2) is 6.88. The standard InChI is InChI=1S/C16H26N4S/c17-16(21)12-19(14-5-1-2-6-14)11-13-9-10-20(18-13)15-7-3-4-8-15/h9-10,14-15H,1-8,11-12H2,(H2,17,21). The zero-order valence-corrected chi connectivity index (χ0v) is 13.5. The fourth-order valence-corrected chi connectivity index (χ4v) is 3.99. The Balaban J connectivity index is 1.65. The van der Waals surface area contributed by atoms with Crippen molar-refractivity contribution in [3.05, 3.63) is 18.0 Å². The highest BCUT2D eigenvalue weighted by Crippen LogP contribution is 2.29. The first-order valence-electron chi connectivity index (χ1n) is 8.29. The lowest BCUT2D eigenvalue weighted by molar-refractivity contribution is 0.215. The molecule has 2 fully saturated rings. The van der Waals surface area contributed by atoms with Crippen LogP contribution in [0.4, 0.5) is 0 Å². The van der Waals surface area contributed by atoms with Crippen molar-refractivity contribution >= 4 is 17.2 Å². The van der Waals surface area contributed by atoms with Crippen LogP contribution in [0.2, 0.25) is 0 Å². The monoisotopic (exact) mass is 306 g/mol. The van der Waals surface area contributed by atoms with Crippen molar-refractivity contribution in [3.63, 3.8) is 0 Å². The van der Waals surface area contributed by atoms with E-state index in [1.54, 1.807) is 0 Å². The van der Waals surface area contributed by atoms with E-state index in [1.165, 1.54) is 51.4 Å². The Hall–Kier alpha value is -0.940. The van der Waals surface area contributed by atoms with Gasteiger partial charge in [0.2, 0.25) is 0 Å². The van der Waals surface area contributed by atoms with Gasteiger partial charge in [0.05, 0.1) is 16.7 Å². The average Bonchev–Trinajstić information content (AvgIpc) is 3.20. The number of thiocarbonyl (C=S) groups is 1. The largest absolute Gasteiger partial charge is 0.392 e. The smallest absolute Gasteiger partial charge is 0.0870 e. The van der Waals surface area contributed by atoms with E-state index >= 15 is 0 Å². The van der Waals surface area contributed by atoms with Crippen molar-refractivity contribution in [2.45, 2.75) is 70.0 Å². The van der Waals surface area contributed by atoms with E-state index < -0.39 is 0 Å². The fraction of sp³-hybridized carbons (Fsp3) is 0.750. The molecular weight excluding hydrogens is 280 g/mol. The van der Waals surface area contributed by atoms with Crippen LogP contribution in [0.1, 0.15) is 63.1 Å². The van der Waals surface area contributed by atoms with Crippen molar-refractivity contribution in [1.29, 1.82) is 0 Å². The first kappa shape index (κ1) is 15.0. The number of nitrogens with zero attached hydrogens (tertiary/aromatic N) is 3. The summed E-state index contributed by atoms with van der Waals surface area (Å²) in [5.41, 5.74) is 6.94. The third-order valence-corrected chi connectivity index (χ3v) is 5.06. The maximum absolute atomic E-state index is 5.78. The van der Waals surface area contributed by atoms with Crippen molar-refractivity contribution < 1.29 is 0 Å². The summed E-state index contributed by atoms with van der Waals surface area (Å²) in [7, 11) is 0. The second-order valence-corrected chi connectivity index (χ2v) is 7.06. The van der Waals surface area contributed by atoms with Gasteiger partial charge in [-0.05, 0) is 31.7 Å². The lowest BCUT2D eigenvalue weighted by atomic mass is 10.2. The van der Waals surface area contributed by atoms with Gasteiger partial charge in [-0.2, -0.15) is 5.10 Å². The Labute approximate surface area is 132 Å². The Kier molecular flexibility index (Phi) is 4.91. The van der Waals surface area contributed by atoms with Gasteiger partial charge in [0.25, 0.3) is 0 Å². The molecule has 2 N–H and O–H groups in total. The van der Waals surface area contributed by atoms with Crippen molar-refractivity contribution in [2.75, 3.05) is 6.54 Å². The molecule has 0 aromatic carbocycles. The van der Waals surface area contributed by atoms with E-state index in [0.29, 0.717) is 17.1 Å². The van der Waals surface area contributed by atoms with Crippen molar-refractivity contribution in [1.82, 2.24) is 14.7 Å². The molecule has 4 nitrogen and oxygen atoms in total. The summed E-state index contributed by atoms with van der Waals surface area (Å²) in [6.45, 7) is 1.60.